The summed E-state index contributed by atoms with van der Waals surface area (Å²) in [6.07, 6.45) is 0.607. The Labute approximate surface area is 111 Å². The van der Waals surface area contributed by atoms with Crippen LogP contribution in [0, 0.1) is 0 Å². The van der Waals surface area contributed by atoms with Crippen LogP contribution >= 0.6 is 11.6 Å². The number of aliphatic hydroxyl groups is 1. The molecule has 4 nitrogen and oxygen atoms in total. The number of rotatable bonds is 3. The standard InChI is InChI=1S/C13H16ClNO3/c1-13(17)5-6-15(9-13)12(16)8-18-11-4-2-3-10(14)7-11/h2-4,7,17H,5-6,8-9H2,1H3. The summed E-state index contributed by atoms with van der Waals surface area (Å²) in [5.41, 5.74) is -0.772. The first-order valence-electron chi connectivity index (χ1n) is 5.85. The zero-order valence-corrected chi connectivity index (χ0v) is 11.0. The third kappa shape index (κ3) is 3.37. The van der Waals surface area contributed by atoms with Gasteiger partial charge in [-0.05, 0) is 31.5 Å². The van der Waals surface area contributed by atoms with Crippen molar-refractivity contribution in [3.05, 3.63) is 29.3 Å². The highest BCUT2D eigenvalue weighted by atomic mass is 35.5. The van der Waals surface area contributed by atoms with Crippen LogP contribution in [0.15, 0.2) is 24.3 Å². The molecule has 18 heavy (non-hydrogen) atoms. The minimum Gasteiger partial charge on any atom is -0.484 e. The Morgan fingerprint density at radius 1 is 1.61 bits per heavy atom. The van der Waals surface area contributed by atoms with Crippen molar-refractivity contribution in [2.24, 2.45) is 0 Å². The van der Waals surface area contributed by atoms with E-state index in [1.807, 2.05) is 0 Å². The molecule has 1 unspecified atom stereocenters. The van der Waals surface area contributed by atoms with Crippen LogP contribution in [-0.4, -0.2) is 41.2 Å². The SMILES string of the molecule is CC1(O)CCN(C(=O)COc2cccc(Cl)c2)C1. The summed E-state index contributed by atoms with van der Waals surface area (Å²) in [4.78, 5) is 13.5. The summed E-state index contributed by atoms with van der Waals surface area (Å²) in [5, 5.41) is 10.4. The number of likely N-dealkylation sites (tertiary alicyclic amines) is 1. The van der Waals surface area contributed by atoms with E-state index in [-0.39, 0.29) is 12.5 Å². The molecule has 1 fully saturated rings. The van der Waals surface area contributed by atoms with Gasteiger partial charge in [0.05, 0.1) is 5.60 Å². The Morgan fingerprint density at radius 2 is 2.39 bits per heavy atom. The molecule has 1 N–H and O–H groups in total. The van der Waals surface area contributed by atoms with Gasteiger partial charge in [0.2, 0.25) is 0 Å². The maximum absolute atomic E-state index is 11.8. The smallest absolute Gasteiger partial charge is 0.260 e. The molecule has 1 aliphatic heterocycles. The van der Waals surface area contributed by atoms with E-state index in [2.05, 4.69) is 0 Å². The first-order valence-corrected chi connectivity index (χ1v) is 6.23. The van der Waals surface area contributed by atoms with Crippen LogP contribution in [0.4, 0.5) is 0 Å². The van der Waals surface area contributed by atoms with Crippen molar-refractivity contribution >= 4 is 17.5 Å². The minimum atomic E-state index is -0.772. The highest BCUT2D eigenvalue weighted by Crippen LogP contribution is 2.21. The van der Waals surface area contributed by atoms with Gasteiger partial charge in [-0.1, -0.05) is 17.7 Å². The van der Waals surface area contributed by atoms with Gasteiger partial charge in [-0.2, -0.15) is 0 Å². The van der Waals surface area contributed by atoms with Crippen molar-refractivity contribution in [3.63, 3.8) is 0 Å². The van der Waals surface area contributed by atoms with E-state index in [0.29, 0.717) is 30.3 Å². The molecule has 1 atom stereocenters. The monoisotopic (exact) mass is 269 g/mol. The topological polar surface area (TPSA) is 49.8 Å². The molecule has 1 aromatic carbocycles. The lowest BCUT2D eigenvalue weighted by molar-refractivity contribution is -0.133. The normalized spacial score (nSPS) is 23.2. The number of ether oxygens (including phenoxy) is 1. The van der Waals surface area contributed by atoms with Gasteiger partial charge in [-0.15, -0.1) is 0 Å². The summed E-state index contributed by atoms with van der Waals surface area (Å²) in [6, 6.07) is 6.92. The van der Waals surface area contributed by atoms with Crippen molar-refractivity contribution in [1.82, 2.24) is 4.90 Å². The molecule has 98 valence electrons. The van der Waals surface area contributed by atoms with E-state index < -0.39 is 5.60 Å². The molecular formula is C13H16ClNO3. The van der Waals surface area contributed by atoms with Crippen molar-refractivity contribution in [2.45, 2.75) is 18.9 Å². The summed E-state index contributed by atoms with van der Waals surface area (Å²) >= 11 is 5.82. The van der Waals surface area contributed by atoms with Gasteiger partial charge in [-0.3, -0.25) is 4.79 Å². The average molecular weight is 270 g/mol. The molecule has 0 aliphatic carbocycles. The van der Waals surface area contributed by atoms with Crippen molar-refractivity contribution in [1.29, 1.82) is 0 Å². The quantitative estimate of drug-likeness (QED) is 0.909. The first kappa shape index (κ1) is 13.2. The van der Waals surface area contributed by atoms with E-state index >= 15 is 0 Å². The van der Waals surface area contributed by atoms with Gasteiger partial charge in [0.25, 0.3) is 5.91 Å². The van der Waals surface area contributed by atoms with Gasteiger partial charge in [0, 0.05) is 18.1 Å². The largest absolute Gasteiger partial charge is 0.484 e. The summed E-state index contributed by atoms with van der Waals surface area (Å²) in [5.74, 6) is 0.453. The molecule has 1 heterocycles. The Morgan fingerprint density at radius 3 is 3.00 bits per heavy atom. The molecule has 1 aromatic rings. The van der Waals surface area contributed by atoms with Crippen LogP contribution in [-0.2, 0) is 4.79 Å². The Balaban J connectivity index is 1.86. The van der Waals surface area contributed by atoms with Crippen LogP contribution in [0.25, 0.3) is 0 Å². The number of benzene rings is 1. The van der Waals surface area contributed by atoms with E-state index in [1.165, 1.54) is 0 Å². The molecule has 2 rings (SSSR count). The minimum absolute atomic E-state index is 0.0313. The van der Waals surface area contributed by atoms with E-state index in [0.717, 1.165) is 0 Å². The molecule has 0 bridgehead atoms. The zero-order valence-electron chi connectivity index (χ0n) is 10.2. The lowest BCUT2D eigenvalue weighted by atomic mass is 10.1. The second-order valence-electron chi connectivity index (χ2n) is 4.81. The number of hydrogen-bond acceptors (Lipinski definition) is 3. The Hall–Kier alpha value is -1.26. The summed E-state index contributed by atoms with van der Waals surface area (Å²) < 4.78 is 5.37. The van der Waals surface area contributed by atoms with E-state index in [4.69, 9.17) is 16.3 Å². The second-order valence-corrected chi connectivity index (χ2v) is 5.24. The predicted molar refractivity (Wildman–Crippen MR) is 68.8 cm³/mol. The molecular weight excluding hydrogens is 254 g/mol. The van der Waals surface area contributed by atoms with E-state index in [1.54, 1.807) is 36.1 Å². The van der Waals surface area contributed by atoms with Gasteiger partial charge in [0.15, 0.2) is 6.61 Å². The molecule has 5 heteroatoms. The molecule has 0 radical (unpaired) electrons. The first-order chi connectivity index (χ1) is 8.46. The lowest BCUT2D eigenvalue weighted by Gasteiger charge is -2.19. The third-order valence-electron chi connectivity index (χ3n) is 2.96. The average Bonchev–Trinajstić information content (AvgIpc) is 2.67. The van der Waals surface area contributed by atoms with Crippen molar-refractivity contribution in [2.75, 3.05) is 19.7 Å². The van der Waals surface area contributed by atoms with Crippen LogP contribution < -0.4 is 4.74 Å². The maximum atomic E-state index is 11.8. The van der Waals surface area contributed by atoms with Gasteiger partial charge in [0.1, 0.15) is 5.75 Å². The fraction of sp³-hybridized carbons (Fsp3) is 0.462. The number of carbonyl (C=O) groups is 1. The van der Waals surface area contributed by atoms with Crippen LogP contribution in [0.3, 0.4) is 0 Å². The fourth-order valence-corrected chi connectivity index (χ4v) is 2.13. The zero-order chi connectivity index (χ0) is 13.2. The Kier molecular flexibility index (Phi) is 3.78. The molecule has 1 saturated heterocycles. The van der Waals surface area contributed by atoms with Crippen LogP contribution in [0.5, 0.6) is 5.75 Å². The summed E-state index contributed by atoms with van der Waals surface area (Å²) in [6.45, 7) is 2.64. The maximum Gasteiger partial charge on any atom is 0.260 e. The third-order valence-corrected chi connectivity index (χ3v) is 3.20. The van der Waals surface area contributed by atoms with Gasteiger partial charge >= 0.3 is 0 Å². The van der Waals surface area contributed by atoms with Crippen LogP contribution in [0.1, 0.15) is 13.3 Å². The van der Waals surface area contributed by atoms with Crippen LogP contribution in [0.2, 0.25) is 5.02 Å². The number of β-amino-alcohol motifs (C(OH)–C–C–N with tert-alkyl or cyclic N) is 1. The van der Waals surface area contributed by atoms with Gasteiger partial charge < -0.3 is 14.7 Å². The molecule has 1 aliphatic rings. The summed E-state index contributed by atoms with van der Waals surface area (Å²) in [7, 11) is 0. The molecule has 1 amide bonds. The highest BCUT2D eigenvalue weighted by molar-refractivity contribution is 6.30. The Bertz CT molecular complexity index is 448. The number of hydrogen-bond donors (Lipinski definition) is 1. The highest BCUT2D eigenvalue weighted by Gasteiger charge is 2.33. The number of amides is 1. The van der Waals surface area contributed by atoms with Gasteiger partial charge in [-0.25, -0.2) is 0 Å². The number of carbonyl (C=O) groups excluding carboxylic acids is 1. The second kappa shape index (κ2) is 5.16. The molecule has 0 aromatic heterocycles. The van der Waals surface area contributed by atoms with Crippen molar-refractivity contribution < 1.29 is 14.6 Å². The van der Waals surface area contributed by atoms with E-state index in [9.17, 15) is 9.90 Å². The molecule has 0 saturated carbocycles. The number of nitrogens with zero attached hydrogens (tertiary/aromatic N) is 1. The predicted octanol–water partition coefficient (Wildman–Crippen LogP) is 1.70. The van der Waals surface area contributed by atoms with Crippen molar-refractivity contribution in [3.8, 4) is 5.75 Å². The number of halogens is 1. The molecule has 0 spiro atoms. The fourth-order valence-electron chi connectivity index (χ4n) is 1.95. The lowest BCUT2D eigenvalue weighted by Crippen LogP contribution is -2.36.